The van der Waals surface area contributed by atoms with E-state index >= 15 is 0 Å². The van der Waals surface area contributed by atoms with E-state index in [1.165, 1.54) is 36.6 Å². The van der Waals surface area contributed by atoms with Gasteiger partial charge in [0.1, 0.15) is 0 Å². The number of nitrogens with zero attached hydrogens (tertiary/aromatic N) is 2. The summed E-state index contributed by atoms with van der Waals surface area (Å²) in [6, 6.07) is 11.3. The van der Waals surface area contributed by atoms with Crippen molar-refractivity contribution in [1.82, 2.24) is 15.2 Å². The van der Waals surface area contributed by atoms with Gasteiger partial charge in [0.05, 0.1) is 5.52 Å². The molecule has 0 bridgehead atoms. The molecule has 1 N–H and O–H groups in total. The Labute approximate surface area is 133 Å². The molecule has 2 heterocycles. The molecule has 1 atom stereocenters. The van der Waals surface area contributed by atoms with Gasteiger partial charge in [-0.2, -0.15) is 0 Å². The van der Waals surface area contributed by atoms with E-state index in [9.17, 15) is 0 Å². The van der Waals surface area contributed by atoms with Gasteiger partial charge in [0.25, 0.3) is 0 Å². The van der Waals surface area contributed by atoms with Gasteiger partial charge in [0, 0.05) is 43.8 Å². The number of aromatic nitrogens is 1. The molecule has 0 unspecified atom stereocenters. The number of rotatable bonds is 6. The molecule has 3 nitrogen and oxygen atoms in total. The summed E-state index contributed by atoms with van der Waals surface area (Å²) in [6.45, 7) is 6.78. The topological polar surface area (TPSA) is 28.2 Å². The molecule has 0 aliphatic carbocycles. The lowest BCUT2D eigenvalue weighted by Gasteiger charge is -2.36. The molecule has 1 aliphatic heterocycles. The summed E-state index contributed by atoms with van der Waals surface area (Å²) in [4.78, 5) is 7.20. The minimum absolute atomic E-state index is 0.529. The van der Waals surface area contributed by atoms with Crippen LogP contribution in [0.3, 0.4) is 0 Å². The third-order valence-corrected chi connectivity index (χ3v) is 4.72. The normalized spacial score (nSPS) is 17.7. The Hall–Kier alpha value is -1.45. The van der Waals surface area contributed by atoms with Crippen molar-refractivity contribution in [2.45, 2.75) is 38.6 Å². The van der Waals surface area contributed by atoms with E-state index in [-0.39, 0.29) is 0 Å². The van der Waals surface area contributed by atoms with Crippen LogP contribution in [0.5, 0.6) is 0 Å². The lowest BCUT2D eigenvalue weighted by atomic mass is 9.95. The van der Waals surface area contributed by atoms with Crippen molar-refractivity contribution in [2.75, 3.05) is 26.2 Å². The summed E-state index contributed by atoms with van der Waals surface area (Å²) in [5, 5.41) is 4.80. The van der Waals surface area contributed by atoms with Crippen molar-refractivity contribution in [1.29, 1.82) is 0 Å². The van der Waals surface area contributed by atoms with Crippen LogP contribution in [0, 0.1) is 0 Å². The van der Waals surface area contributed by atoms with Crippen LogP contribution >= 0.6 is 0 Å². The Balaban J connectivity index is 1.91. The number of unbranched alkanes of at least 4 members (excludes halogenated alkanes) is 2. The average molecular weight is 297 g/mol. The average Bonchev–Trinajstić information content (AvgIpc) is 2.59. The van der Waals surface area contributed by atoms with Crippen molar-refractivity contribution in [3.8, 4) is 0 Å². The highest BCUT2D eigenvalue weighted by Gasteiger charge is 2.23. The number of para-hydroxylation sites is 1. The van der Waals surface area contributed by atoms with E-state index < -0.39 is 0 Å². The molecule has 1 aromatic heterocycles. The second-order valence-corrected chi connectivity index (χ2v) is 6.21. The molecule has 0 saturated carbocycles. The van der Waals surface area contributed by atoms with Gasteiger partial charge in [-0.15, -0.1) is 0 Å². The Morgan fingerprint density at radius 2 is 1.95 bits per heavy atom. The molecular formula is C19H27N3. The zero-order chi connectivity index (χ0) is 15.2. The Morgan fingerprint density at radius 1 is 1.14 bits per heavy atom. The number of benzene rings is 1. The minimum Gasteiger partial charge on any atom is -0.314 e. The fraction of sp³-hybridized carbons (Fsp3) is 0.526. The molecule has 22 heavy (non-hydrogen) atoms. The molecule has 3 heteroatoms. The van der Waals surface area contributed by atoms with Crippen LogP contribution in [0.1, 0.15) is 44.2 Å². The van der Waals surface area contributed by atoms with Crippen molar-refractivity contribution in [3.63, 3.8) is 0 Å². The van der Waals surface area contributed by atoms with Gasteiger partial charge in [-0.05, 0) is 24.1 Å². The van der Waals surface area contributed by atoms with Crippen molar-refractivity contribution >= 4 is 10.9 Å². The van der Waals surface area contributed by atoms with Crippen LogP contribution < -0.4 is 5.32 Å². The van der Waals surface area contributed by atoms with E-state index in [2.05, 4.69) is 52.5 Å². The standard InChI is InChI=1S/C19H27N3/c1-2-3-4-9-19(22-14-12-20-13-15-22)17-10-11-21-18-8-6-5-7-16(17)18/h5-8,10-11,19-20H,2-4,9,12-15H2,1H3/t19-/m0/s1. The van der Waals surface area contributed by atoms with E-state index in [0.717, 1.165) is 31.7 Å². The lowest BCUT2D eigenvalue weighted by molar-refractivity contribution is 0.163. The van der Waals surface area contributed by atoms with Crippen molar-refractivity contribution < 1.29 is 0 Å². The van der Waals surface area contributed by atoms with E-state index in [1.807, 2.05) is 6.20 Å². The minimum atomic E-state index is 0.529. The maximum Gasteiger partial charge on any atom is 0.0705 e. The van der Waals surface area contributed by atoms with Gasteiger partial charge in [-0.3, -0.25) is 9.88 Å². The molecule has 1 aromatic carbocycles. The summed E-state index contributed by atoms with van der Waals surface area (Å²) in [5.41, 5.74) is 2.58. The summed E-state index contributed by atoms with van der Waals surface area (Å²) >= 11 is 0. The second kappa shape index (κ2) is 7.70. The first-order valence-electron chi connectivity index (χ1n) is 8.68. The number of pyridine rings is 1. The summed E-state index contributed by atoms with van der Waals surface area (Å²) in [7, 11) is 0. The molecule has 1 fully saturated rings. The van der Waals surface area contributed by atoms with Gasteiger partial charge < -0.3 is 5.32 Å². The zero-order valence-corrected chi connectivity index (χ0v) is 13.6. The van der Waals surface area contributed by atoms with Gasteiger partial charge >= 0.3 is 0 Å². The quantitative estimate of drug-likeness (QED) is 0.823. The van der Waals surface area contributed by atoms with E-state index in [4.69, 9.17) is 0 Å². The van der Waals surface area contributed by atoms with Crippen LogP contribution in [0.25, 0.3) is 10.9 Å². The maximum atomic E-state index is 4.53. The van der Waals surface area contributed by atoms with Crippen molar-refractivity contribution in [2.24, 2.45) is 0 Å². The first-order chi connectivity index (χ1) is 10.9. The van der Waals surface area contributed by atoms with Crippen LogP contribution in [0.4, 0.5) is 0 Å². The van der Waals surface area contributed by atoms with Crippen molar-refractivity contribution in [3.05, 3.63) is 42.1 Å². The summed E-state index contributed by atoms with van der Waals surface area (Å²) < 4.78 is 0. The van der Waals surface area contributed by atoms with E-state index in [0.29, 0.717) is 6.04 Å². The first kappa shape index (κ1) is 15.4. The Bertz CT molecular complexity index is 585. The number of fused-ring (bicyclic) bond motifs is 1. The van der Waals surface area contributed by atoms with Gasteiger partial charge in [0.2, 0.25) is 0 Å². The highest BCUT2D eigenvalue weighted by Crippen LogP contribution is 2.31. The molecule has 0 amide bonds. The van der Waals surface area contributed by atoms with Crippen LogP contribution in [-0.4, -0.2) is 36.1 Å². The number of hydrogen-bond acceptors (Lipinski definition) is 3. The second-order valence-electron chi connectivity index (χ2n) is 6.21. The van der Waals surface area contributed by atoms with Crippen LogP contribution in [0.15, 0.2) is 36.5 Å². The maximum absolute atomic E-state index is 4.53. The third-order valence-electron chi connectivity index (χ3n) is 4.72. The molecule has 1 aliphatic rings. The number of hydrogen-bond donors (Lipinski definition) is 1. The number of piperazine rings is 1. The predicted octanol–water partition coefficient (Wildman–Crippen LogP) is 3.76. The summed E-state index contributed by atoms with van der Waals surface area (Å²) in [6.07, 6.45) is 7.15. The molecular weight excluding hydrogens is 270 g/mol. The highest BCUT2D eigenvalue weighted by atomic mass is 15.2. The highest BCUT2D eigenvalue weighted by molar-refractivity contribution is 5.82. The molecule has 1 saturated heterocycles. The van der Waals surface area contributed by atoms with Gasteiger partial charge in [-0.1, -0.05) is 44.4 Å². The fourth-order valence-electron chi connectivity index (χ4n) is 3.52. The Kier molecular flexibility index (Phi) is 5.41. The zero-order valence-electron chi connectivity index (χ0n) is 13.6. The molecule has 3 rings (SSSR count). The van der Waals surface area contributed by atoms with Crippen LogP contribution in [-0.2, 0) is 0 Å². The first-order valence-corrected chi connectivity index (χ1v) is 8.68. The molecule has 0 spiro atoms. The summed E-state index contributed by atoms with van der Waals surface area (Å²) in [5.74, 6) is 0. The molecule has 118 valence electrons. The predicted molar refractivity (Wildman–Crippen MR) is 93.1 cm³/mol. The lowest BCUT2D eigenvalue weighted by Crippen LogP contribution is -2.45. The van der Waals surface area contributed by atoms with Gasteiger partial charge in [-0.25, -0.2) is 0 Å². The van der Waals surface area contributed by atoms with E-state index in [1.54, 1.807) is 0 Å². The number of nitrogens with one attached hydrogen (secondary N) is 1. The van der Waals surface area contributed by atoms with Crippen LogP contribution in [0.2, 0.25) is 0 Å². The van der Waals surface area contributed by atoms with Gasteiger partial charge in [0.15, 0.2) is 0 Å². The molecule has 0 radical (unpaired) electrons. The monoisotopic (exact) mass is 297 g/mol. The molecule has 2 aromatic rings. The Morgan fingerprint density at radius 3 is 2.77 bits per heavy atom. The third kappa shape index (κ3) is 3.47. The SMILES string of the molecule is CCCCC[C@@H](c1ccnc2ccccc12)N1CCNCC1. The fourth-order valence-corrected chi connectivity index (χ4v) is 3.52. The smallest absolute Gasteiger partial charge is 0.0705 e. The largest absolute Gasteiger partial charge is 0.314 e.